The van der Waals surface area contributed by atoms with Crippen molar-refractivity contribution in [3.05, 3.63) is 128 Å². The van der Waals surface area contributed by atoms with E-state index in [1.54, 1.807) is 12.4 Å². The van der Waals surface area contributed by atoms with E-state index in [1.807, 2.05) is 18.3 Å². The highest BCUT2D eigenvalue weighted by Gasteiger charge is 2.16. The van der Waals surface area contributed by atoms with Crippen molar-refractivity contribution in [3.63, 3.8) is 0 Å². The Hall–Kier alpha value is -5.29. The highest BCUT2D eigenvalue weighted by Crippen LogP contribution is 2.36. The SMILES string of the molecule is c1ccc(-n2ccc3cc4c5ccccc5n(-c5cccc(-c6ncc7cnccc7n6)c5)c4cc32)cc1. The average Bonchev–Trinajstić information content (AvgIpc) is 3.55. The first kappa shape index (κ1) is 20.9. The molecule has 178 valence electrons. The van der Waals surface area contributed by atoms with E-state index in [-0.39, 0.29) is 0 Å². The molecule has 38 heavy (non-hydrogen) atoms. The molecule has 0 unspecified atom stereocenters. The monoisotopic (exact) mass is 487 g/mol. The van der Waals surface area contributed by atoms with Crippen LogP contribution in [-0.2, 0) is 0 Å². The highest BCUT2D eigenvalue weighted by atomic mass is 15.0. The molecule has 0 saturated carbocycles. The molecular formula is C33H21N5. The third-order valence-corrected chi connectivity index (χ3v) is 7.26. The Morgan fingerprint density at radius 1 is 0.579 bits per heavy atom. The van der Waals surface area contributed by atoms with E-state index in [9.17, 15) is 0 Å². The van der Waals surface area contributed by atoms with Crippen LogP contribution in [0.1, 0.15) is 0 Å². The Morgan fingerprint density at radius 2 is 1.45 bits per heavy atom. The van der Waals surface area contributed by atoms with Crippen molar-refractivity contribution in [2.75, 3.05) is 0 Å². The molecule has 8 aromatic rings. The van der Waals surface area contributed by atoms with Gasteiger partial charge >= 0.3 is 0 Å². The number of benzene rings is 4. The van der Waals surface area contributed by atoms with Gasteiger partial charge in [-0.1, -0.05) is 48.5 Å². The molecule has 0 saturated heterocycles. The van der Waals surface area contributed by atoms with Crippen LogP contribution >= 0.6 is 0 Å². The third-order valence-electron chi connectivity index (χ3n) is 7.26. The summed E-state index contributed by atoms with van der Waals surface area (Å²) in [7, 11) is 0. The van der Waals surface area contributed by atoms with Crippen LogP contribution in [0.2, 0.25) is 0 Å². The van der Waals surface area contributed by atoms with Crippen molar-refractivity contribution in [1.82, 2.24) is 24.1 Å². The topological polar surface area (TPSA) is 48.5 Å². The van der Waals surface area contributed by atoms with Gasteiger partial charge in [-0.25, -0.2) is 9.97 Å². The number of hydrogen-bond donors (Lipinski definition) is 0. The second-order valence-electron chi connectivity index (χ2n) is 9.48. The minimum atomic E-state index is 0.701. The summed E-state index contributed by atoms with van der Waals surface area (Å²) in [6, 6.07) is 36.3. The normalized spacial score (nSPS) is 11.7. The van der Waals surface area contributed by atoms with Crippen LogP contribution in [0.25, 0.3) is 66.4 Å². The fourth-order valence-electron chi connectivity index (χ4n) is 5.49. The maximum Gasteiger partial charge on any atom is 0.159 e. The van der Waals surface area contributed by atoms with Crippen molar-refractivity contribution >= 4 is 43.6 Å². The van der Waals surface area contributed by atoms with Crippen molar-refractivity contribution in [1.29, 1.82) is 0 Å². The molecule has 0 N–H and O–H groups in total. The Kier molecular flexibility index (Phi) is 4.45. The first-order chi connectivity index (χ1) is 18.8. The quantitative estimate of drug-likeness (QED) is 0.256. The Bertz CT molecular complexity index is 2140. The van der Waals surface area contributed by atoms with Gasteiger partial charge in [0.05, 0.1) is 22.1 Å². The Labute approximate surface area is 218 Å². The Balaban J connectivity index is 1.38. The molecule has 8 rings (SSSR count). The van der Waals surface area contributed by atoms with E-state index in [2.05, 4.69) is 116 Å². The molecule has 0 amide bonds. The van der Waals surface area contributed by atoms with Crippen LogP contribution in [0.3, 0.4) is 0 Å². The molecule has 0 radical (unpaired) electrons. The number of rotatable bonds is 3. The van der Waals surface area contributed by atoms with Gasteiger partial charge < -0.3 is 9.13 Å². The van der Waals surface area contributed by atoms with E-state index in [4.69, 9.17) is 4.98 Å². The lowest BCUT2D eigenvalue weighted by molar-refractivity contribution is 1.12. The lowest BCUT2D eigenvalue weighted by Crippen LogP contribution is -1.96. The van der Waals surface area contributed by atoms with Crippen molar-refractivity contribution < 1.29 is 0 Å². The van der Waals surface area contributed by atoms with E-state index < -0.39 is 0 Å². The molecule has 0 bridgehead atoms. The molecule has 0 aliphatic heterocycles. The molecule has 0 spiro atoms. The lowest BCUT2D eigenvalue weighted by atomic mass is 10.1. The van der Waals surface area contributed by atoms with Gasteiger partial charge in [0.1, 0.15) is 0 Å². The molecule has 4 aromatic heterocycles. The third kappa shape index (κ3) is 3.15. The van der Waals surface area contributed by atoms with Gasteiger partial charge in [-0.05, 0) is 54.6 Å². The second kappa shape index (κ2) is 8.11. The van der Waals surface area contributed by atoms with Crippen LogP contribution in [0.4, 0.5) is 0 Å². The number of nitrogens with zero attached hydrogens (tertiary/aromatic N) is 5. The number of para-hydroxylation sites is 2. The number of pyridine rings is 1. The predicted molar refractivity (Wildman–Crippen MR) is 154 cm³/mol. The second-order valence-corrected chi connectivity index (χ2v) is 9.48. The zero-order valence-corrected chi connectivity index (χ0v) is 20.4. The van der Waals surface area contributed by atoms with Gasteiger partial charge in [0.15, 0.2) is 5.82 Å². The smallest absolute Gasteiger partial charge is 0.159 e. The summed E-state index contributed by atoms with van der Waals surface area (Å²) in [5.41, 5.74) is 7.59. The van der Waals surface area contributed by atoms with Crippen LogP contribution in [0.5, 0.6) is 0 Å². The predicted octanol–water partition coefficient (Wildman–Crippen LogP) is 7.73. The zero-order chi connectivity index (χ0) is 25.1. The van der Waals surface area contributed by atoms with E-state index in [0.717, 1.165) is 33.4 Å². The molecule has 0 aliphatic rings. The molecule has 5 nitrogen and oxygen atoms in total. The molecule has 4 aromatic carbocycles. The summed E-state index contributed by atoms with van der Waals surface area (Å²) < 4.78 is 4.60. The zero-order valence-electron chi connectivity index (χ0n) is 20.4. The summed E-state index contributed by atoms with van der Waals surface area (Å²) in [5, 5.41) is 4.62. The first-order valence-corrected chi connectivity index (χ1v) is 12.6. The molecule has 0 atom stereocenters. The van der Waals surface area contributed by atoms with Crippen molar-refractivity contribution in [2.45, 2.75) is 0 Å². The van der Waals surface area contributed by atoms with Gasteiger partial charge in [-0.2, -0.15) is 0 Å². The van der Waals surface area contributed by atoms with E-state index >= 15 is 0 Å². The van der Waals surface area contributed by atoms with Crippen LogP contribution < -0.4 is 0 Å². The summed E-state index contributed by atoms with van der Waals surface area (Å²) in [6.45, 7) is 0. The minimum absolute atomic E-state index is 0.701. The summed E-state index contributed by atoms with van der Waals surface area (Å²) in [5.74, 6) is 0.701. The van der Waals surface area contributed by atoms with Crippen molar-refractivity contribution in [2.24, 2.45) is 0 Å². The standard InChI is InChI=1S/C33H21N5/c1-2-8-25(9-3-1)37-16-14-22-18-28-27-11-4-5-12-30(27)38(32(28)19-31(22)37)26-10-6-7-23(17-26)33-35-21-24-20-34-15-13-29(24)36-33/h1-21H. The van der Waals surface area contributed by atoms with Gasteiger partial charge in [0.2, 0.25) is 0 Å². The number of hydrogen-bond acceptors (Lipinski definition) is 3. The van der Waals surface area contributed by atoms with E-state index in [1.165, 1.54) is 27.2 Å². The summed E-state index contributed by atoms with van der Waals surface area (Å²) in [6.07, 6.45) is 7.55. The average molecular weight is 488 g/mol. The maximum atomic E-state index is 4.81. The van der Waals surface area contributed by atoms with Gasteiger partial charge in [0, 0.05) is 63.3 Å². The molecule has 0 aliphatic carbocycles. The van der Waals surface area contributed by atoms with E-state index in [0.29, 0.717) is 5.82 Å². The van der Waals surface area contributed by atoms with Crippen LogP contribution in [0.15, 0.2) is 128 Å². The fourth-order valence-corrected chi connectivity index (χ4v) is 5.49. The molecule has 4 heterocycles. The van der Waals surface area contributed by atoms with Crippen molar-refractivity contribution in [3.8, 4) is 22.8 Å². The van der Waals surface area contributed by atoms with Gasteiger partial charge in [-0.15, -0.1) is 0 Å². The highest BCUT2D eigenvalue weighted by molar-refractivity contribution is 6.13. The number of aromatic nitrogens is 5. The minimum Gasteiger partial charge on any atom is -0.316 e. The van der Waals surface area contributed by atoms with Gasteiger partial charge in [0.25, 0.3) is 0 Å². The molecular weight excluding hydrogens is 466 g/mol. The molecule has 0 fully saturated rings. The van der Waals surface area contributed by atoms with Crippen LogP contribution in [-0.4, -0.2) is 24.1 Å². The van der Waals surface area contributed by atoms with Gasteiger partial charge in [-0.3, -0.25) is 4.98 Å². The summed E-state index contributed by atoms with van der Waals surface area (Å²) in [4.78, 5) is 13.6. The summed E-state index contributed by atoms with van der Waals surface area (Å²) >= 11 is 0. The largest absolute Gasteiger partial charge is 0.316 e. The first-order valence-electron chi connectivity index (χ1n) is 12.6. The number of fused-ring (bicyclic) bond motifs is 5. The Morgan fingerprint density at radius 3 is 2.39 bits per heavy atom. The fraction of sp³-hybridized carbons (Fsp3) is 0. The molecule has 5 heteroatoms. The lowest BCUT2D eigenvalue weighted by Gasteiger charge is -2.11. The maximum absolute atomic E-state index is 4.81. The van der Waals surface area contributed by atoms with Crippen LogP contribution in [0, 0.1) is 0 Å².